The molecule has 2 aliphatic carbocycles. The molecule has 0 heteroatoms. The first kappa shape index (κ1) is 8.93. The maximum atomic E-state index is 2.39. The van der Waals surface area contributed by atoms with Gasteiger partial charge < -0.3 is 0 Å². The minimum absolute atomic E-state index is 0.499. The molecule has 0 saturated heterocycles. The molecule has 0 aromatic heterocycles. The first-order valence-corrected chi connectivity index (χ1v) is 6.57. The van der Waals surface area contributed by atoms with Crippen molar-refractivity contribution in [2.45, 2.75) is 12.3 Å². The Morgan fingerprint density at radius 3 is 2.61 bits per heavy atom. The van der Waals surface area contributed by atoms with Crippen LogP contribution in [0.1, 0.15) is 22.6 Å². The molecule has 0 fully saturated rings. The lowest BCUT2D eigenvalue weighted by Crippen LogP contribution is -2.02. The fraction of sp³-hybridized carbons (Fsp3) is 0.111. The molecule has 0 aliphatic heterocycles. The third-order valence-corrected chi connectivity index (χ3v) is 4.50. The molecule has 0 N–H and O–H groups in total. The van der Waals surface area contributed by atoms with E-state index in [1.54, 1.807) is 5.56 Å². The molecular weight excluding hydrogens is 216 g/mol. The highest BCUT2D eigenvalue weighted by Crippen LogP contribution is 2.48. The maximum absolute atomic E-state index is 2.39. The second kappa shape index (κ2) is 2.84. The van der Waals surface area contributed by atoms with E-state index in [1.165, 1.54) is 32.7 Å². The van der Waals surface area contributed by atoms with Crippen LogP contribution in [0.15, 0.2) is 54.6 Å². The zero-order valence-corrected chi connectivity index (χ0v) is 9.98. The zero-order valence-electron chi connectivity index (χ0n) is 9.98. The molecule has 0 heterocycles. The van der Waals surface area contributed by atoms with Crippen LogP contribution in [0.25, 0.3) is 21.5 Å². The Kier molecular flexibility index (Phi) is 1.41. The van der Waals surface area contributed by atoms with Crippen molar-refractivity contribution in [1.29, 1.82) is 0 Å². The number of fused-ring (bicyclic) bond motifs is 1. The van der Waals surface area contributed by atoms with Crippen molar-refractivity contribution >= 4 is 21.5 Å². The highest BCUT2D eigenvalue weighted by Gasteiger charge is 2.28. The van der Waals surface area contributed by atoms with Crippen molar-refractivity contribution in [1.82, 2.24) is 0 Å². The maximum Gasteiger partial charge on any atom is 0.0285 e. The van der Waals surface area contributed by atoms with E-state index in [0.717, 1.165) is 6.42 Å². The summed E-state index contributed by atoms with van der Waals surface area (Å²) in [6.07, 6.45) is 5.80. The van der Waals surface area contributed by atoms with Gasteiger partial charge in [-0.05, 0) is 44.7 Å². The van der Waals surface area contributed by atoms with Gasteiger partial charge in [0, 0.05) is 5.92 Å². The molecule has 5 rings (SSSR count). The molecule has 1 unspecified atom stereocenters. The quantitative estimate of drug-likeness (QED) is 0.391. The van der Waals surface area contributed by atoms with Crippen LogP contribution in [-0.4, -0.2) is 0 Å². The largest absolute Gasteiger partial charge is 0.0832 e. The number of hydrogen-bond donors (Lipinski definition) is 0. The van der Waals surface area contributed by atoms with Crippen LogP contribution in [0, 0.1) is 0 Å². The van der Waals surface area contributed by atoms with Gasteiger partial charge in [-0.2, -0.15) is 0 Å². The Balaban J connectivity index is 2.16. The summed E-state index contributed by atoms with van der Waals surface area (Å²) in [6, 6.07) is 15.8. The molecule has 0 radical (unpaired) electrons. The van der Waals surface area contributed by atoms with Crippen molar-refractivity contribution < 1.29 is 0 Å². The first-order valence-electron chi connectivity index (χ1n) is 6.57. The van der Waals surface area contributed by atoms with Crippen molar-refractivity contribution in [3.8, 4) is 0 Å². The summed E-state index contributed by atoms with van der Waals surface area (Å²) in [5, 5.41) is 5.78. The van der Waals surface area contributed by atoms with E-state index in [9.17, 15) is 0 Å². The van der Waals surface area contributed by atoms with Crippen molar-refractivity contribution in [2.24, 2.45) is 0 Å². The lowest BCUT2D eigenvalue weighted by Gasteiger charge is -2.17. The van der Waals surface area contributed by atoms with Gasteiger partial charge in [0.2, 0.25) is 0 Å². The van der Waals surface area contributed by atoms with Crippen LogP contribution < -0.4 is 0 Å². The smallest absolute Gasteiger partial charge is 0.0285 e. The average Bonchev–Trinajstić information content (AvgIpc) is 2.78. The van der Waals surface area contributed by atoms with Crippen molar-refractivity contribution in [2.75, 3.05) is 0 Å². The summed E-state index contributed by atoms with van der Waals surface area (Å²) >= 11 is 0. The van der Waals surface area contributed by atoms with Gasteiger partial charge in [-0.1, -0.05) is 54.6 Å². The van der Waals surface area contributed by atoms with Gasteiger partial charge in [-0.15, -0.1) is 0 Å². The molecule has 3 aromatic rings. The van der Waals surface area contributed by atoms with Gasteiger partial charge in [0.15, 0.2) is 0 Å². The van der Waals surface area contributed by atoms with Crippen LogP contribution >= 0.6 is 0 Å². The van der Waals surface area contributed by atoms with E-state index in [0.29, 0.717) is 5.92 Å². The normalized spacial score (nSPS) is 19.2. The van der Waals surface area contributed by atoms with E-state index in [1.807, 2.05) is 0 Å². The minimum atomic E-state index is 0.499. The monoisotopic (exact) mass is 228 g/mol. The third-order valence-electron chi connectivity index (χ3n) is 4.50. The predicted octanol–water partition coefficient (Wildman–Crippen LogP) is 4.55. The summed E-state index contributed by atoms with van der Waals surface area (Å²) in [7, 11) is 0. The lowest BCUT2D eigenvalue weighted by atomic mass is 9.86. The van der Waals surface area contributed by atoms with E-state index in [4.69, 9.17) is 0 Å². The highest BCUT2D eigenvalue weighted by molar-refractivity contribution is 6.15. The third kappa shape index (κ3) is 0.862. The molecule has 84 valence electrons. The summed E-state index contributed by atoms with van der Waals surface area (Å²) in [6.45, 7) is 0. The summed E-state index contributed by atoms with van der Waals surface area (Å²) in [5.74, 6) is 0.499. The number of hydrogen-bond acceptors (Lipinski definition) is 0. The van der Waals surface area contributed by atoms with E-state index < -0.39 is 0 Å². The number of benzene rings is 3. The molecule has 0 amide bonds. The van der Waals surface area contributed by atoms with Crippen LogP contribution in [0.5, 0.6) is 0 Å². The van der Waals surface area contributed by atoms with Crippen molar-refractivity contribution in [3.63, 3.8) is 0 Å². The minimum Gasteiger partial charge on any atom is -0.0832 e. The second-order valence-electron chi connectivity index (χ2n) is 5.36. The Morgan fingerprint density at radius 2 is 1.67 bits per heavy atom. The number of rotatable bonds is 0. The molecule has 3 aromatic carbocycles. The SMILES string of the molecule is C1=CC2c3cccc4ccc5ccc(c2c5c34)C1. The average molecular weight is 228 g/mol. The second-order valence-corrected chi connectivity index (χ2v) is 5.36. The topological polar surface area (TPSA) is 0 Å². The standard InChI is InChI=1S/C18H12/c1-3-11-7-9-13-10-8-12-4-2-6-15-14(5-1)16(11)18(13)17(12)15/h1-3,5-10,15H,4H2. The summed E-state index contributed by atoms with van der Waals surface area (Å²) in [4.78, 5) is 0. The molecule has 1 atom stereocenters. The van der Waals surface area contributed by atoms with E-state index >= 15 is 0 Å². The molecule has 0 bridgehead atoms. The Labute approximate surface area is 106 Å². The highest BCUT2D eigenvalue weighted by atomic mass is 14.3. The molecule has 0 nitrogen and oxygen atoms in total. The van der Waals surface area contributed by atoms with Crippen LogP contribution in [0.3, 0.4) is 0 Å². The Bertz CT molecular complexity index is 853. The zero-order chi connectivity index (χ0) is 11.7. The predicted molar refractivity (Wildman–Crippen MR) is 76.1 cm³/mol. The lowest BCUT2D eigenvalue weighted by molar-refractivity contribution is 0.993. The molecule has 0 spiro atoms. The summed E-state index contributed by atoms with van der Waals surface area (Å²) < 4.78 is 0. The van der Waals surface area contributed by atoms with E-state index in [-0.39, 0.29) is 0 Å². The van der Waals surface area contributed by atoms with Crippen LogP contribution in [0.4, 0.5) is 0 Å². The Hall–Kier alpha value is -2.08. The van der Waals surface area contributed by atoms with Gasteiger partial charge in [0.05, 0.1) is 0 Å². The van der Waals surface area contributed by atoms with Gasteiger partial charge in [0.25, 0.3) is 0 Å². The van der Waals surface area contributed by atoms with Gasteiger partial charge in [-0.3, -0.25) is 0 Å². The number of allylic oxidation sites excluding steroid dienone is 2. The van der Waals surface area contributed by atoms with Crippen LogP contribution in [-0.2, 0) is 6.42 Å². The van der Waals surface area contributed by atoms with Crippen LogP contribution in [0.2, 0.25) is 0 Å². The van der Waals surface area contributed by atoms with Gasteiger partial charge >= 0.3 is 0 Å². The fourth-order valence-electron chi connectivity index (χ4n) is 3.77. The van der Waals surface area contributed by atoms with E-state index in [2.05, 4.69) is 54.6 Å². The summed E-state index contributed by atoms with van der Waals surface area (Å²) in [5.41, 5.74) is 4.58. The molecular formula is C18H12. The first-order chi connectivity index (χ1) is 8.93. The van der Waals surface area contributed by atoms with Crippen molar-refractivity contribution in [3.05, 3.63) is 71.3 Å². The molecule has 18 heavy (non-hydrogen) atoms. The van der Waals surface area contributed by atoms with Gasteiger partial charge in [-0.25, -0.2) is 0 Å². The molecule has 0 saturated carbocycles. The molecule has 2 aliphatic rings. The Morgan fingerprint density at radius 1 is 0.833 bits per heavy atom. The van der Waals surface area contributed by atoms with Gasteiger partial charge in [0.1, 0.15) is 0 Å². The fourth-order valence-corrected chi connectivity index (χ4v) is 3.77.